The summed E-state index contributed by atoms with van der Waals surface area (Å²) >= 11 is 6.16. The van der Waals surface area contributed by atoms with Crippen LogP contribution in [-0.4, -0.2) is 37.8 Å². The Morgan fingerprint density at radius 2 is 1.88 bits per heavy atom. The molecule has 5 nitrogen and oxygen atoms in total. The van der Waals surface area contributed by atoms with E-state index >= 15 is 0 Å². The third kappa shape index (κ3) is 5.19. The van der Waals surface area contributed by atoms with Gasteiger partial charge in [-0.1, -0.05) is 37.8 Å². The predicted molar refractivity (Wildman–Crippen MR) is 101 cm³/mol. The van der Waals surface area contributed by atoms with E-state index in [1.165, 1.54) is 16.4 Å². The van der Waals surface area contributed by atoms with Gasteiger partial charge in [-0.15, -0.1) is 0 Å². The first-order chi connectivity index (χ1) is 11.9. The molecule has 1 aliphatic heterocycles. The van der Waals surface area contributed by atoms with Crippen molar-refractivity contribution in [1.82, 2.24) is 9.62 Å². The normalized spacial score (nSPS) is 17.7. The SMILES string of the molecule is CCCC(C)NC(=O)c1ccc(Cl)c(S(=O)(=O)N2CCCCCC2)c1. The summed E-state index contributed by atoms with van der Waals surface area (Å²) in [5, 5.41) is 3.05. The van der Waals surface area contributed by atoms with Crippen molar-refractivity contribution in [2.75, 3.05) is 13.1 Å². The largest absolute Gasteiger partial charge is 0.350 e. The van der Waals surface area contributed by atoms with E-state index in [9.17, 15) is 13.2 Å². The van der Waals surface area contributed by atoms with Crippen LogP contribution in [0.4, 0.5) is 0 Å². The summed E-state index contributed by atoms with van der Waals surface area (Å²) in [5.41, 5.74) is 0.320. The molecule has 140 valence electrons. The molecule has 1 atom stereocenters. The van der Waals surface area contributed by atoms with Crippen molar-refractivity contribution in [2.45, 2.75) is 63.3 Å². The number of halogens is 1. The van der Waals surface area contributed by atoms with Crippen molar-refractivity contribution in [3.05, 3.63) is 28.8 Å². The van der Waals surface area contributed by atoms with Crippen LogP contribution >= 0.6 is 11.6 Å². The fraction of sp³-hybridized carbons (Fsp3) is 0.611. The molecule has 1 aromatic carbocycles. The zero-order chi connectivity index (χ0) is 18.4. The Kier molecular flexibility index (Phi) is 7.28. The summed E-state index contributed by atoms with van der Waals surface area (Å²) in [6.07, 6.45) is 5.63. The Bertz CT molecular complexity index is 698. The molecular weight excluding hydrogens is 360 g/mol. The van der Waals surface area contributed by atoms with Crippen LogP contribution in [0.5, 0.6) is 0 Å². The quantitative estimate of drug-likeness (QED) is 0.808. The Hall–Kier alpha value is -1.11. The Morgan fingerprint density at radius 3 is 2.48 bits per heavy atom. The third-order valence-electron chi connectivity index (χ3n) is 4.48. The van der Waals surface area contributed by atoms with Crippen LogP contribution in [-0.2, 0) is 10.0 Å². The van der Waals surface area contributed by atoms with Gasteiger partial charge in [0.1, 0.15) is 4.90 Å². The van der Waals surface area contributed by atoms with Crippen LogP contribution in [0.2, 0.25) is 5.02 Å². The molecule has 1 aromatic rings. The molecule has 0 radical (unpaired) electrons. The summed E-state index contributed by atoms with van der Waals surface area (Å²) in [4.78, 5) is 12.4. The average Bonchev–Trinajstić information content (AvgIpc) is 2.85. The number of carbonyl (C=O) groups excluding carboxylic acids is 1. The van der Waals surface area contributed by atoms with Crippen molar-refractivity contribution in [3.8, 4) is 0 Å². The lowest BCUT2D eigenvalue weighted by Gasteiger charge is -2.21. The second kappa shape index (κ2) is 9.01. The molecule has 1 aliphatic rings. The maximum absolute atomic E-state index is 13.0. The van der Waals surface area contributed by atoms with Crippen molar-refractivity contribution in [3.63, 3.8) is 0 Å². The maximum atomic E-state index is 13.0. The fourth-order valence-electron chi connectivity index (χ4n) is 3.08. The van der Waals surface area contributed by atoms with Crippen molar-refractivity contribution < 1.29 is 13.2 Å². The summed E-state index contributed by atoms with van der Waals surface area (Å²) < 4.78 is 27.4. The molecule has 0 spiro atoms. The first-order valence-electron chi connectivity index (χ1n) is 8.97. The van der Waals surface area contributed by atoms with E-state index in [0.717, 1.165) is 38.5 Å². The lowest BCUT2D eigenvalue weighted by molar-refractivity contribution is 0.0938. The highest BCUT2D eigenvalue weighted by molar-refractivity contribution is 7.89. The van der Waals surface area contributed by atoms with Gasteiger partial charge in [0, 0.05) is 24.7 Å². The van der Waals surface area contributed by atoms with Gasteiger partial charge in [0.15, 0.2) is 0 Å². The summed E-state index contributed by atoms with van der Waals surface area (Å²) in [6, 6.07) is 4.50. The van der Waals surface area contributed by atoms with Gasteiger partial charge in [-0.05, 0) is 44.4 Å². The van der Waals surface area contributed by atoms with Gasteiger partial charge >= 0.3 is 0 Å². The highest BCUT2D eigenvalue weighted by Crippen LogP contribution is 2.27. The van der Waals surface area contributed by atoms with Gasteiger partial charge < -0.3 is 5.32 Å². The number of amides is 1. The van der Waals surface area contributed by atoms with Gasteiger partial charge in [0.2, 0.25) is 10.0 Å². The minimum absolute atomic E-state index is 0.0202. The number of nitrogens with one attached hydrogen (secondary N) is 1. The van der Waals surface area contributed by atoms with E-state index in [0.29, 0.717) is 18.7 Å². The fourth-order valence-corrected chi connectivity index (χ4v) is 5.09. The minimum Gasteiger partial charge on any atom is -0.350 e. The zero-order valence-corrected chi connectivity index (χ0v) is 16.5. The minimum atomic E-state index is -3.69. The molecule has 1 unspecified atom stereocenters. The van der Waals surface area contributed by atoms with Crippen LogP contribution in [0.25, 0.3) is 0 Å². The maximum Gasteiger partial charge on any atom is 0.251 e. The lowest BCUT2D eigenvalue weighted by atomic mass is 10.1. The van der Waals surface area contributed by atoms with Crippen LogP contribution < -0.4 is 5.32 Å². The molecule has 0 saturated carbocycles. The first-order valence-corrected chi connectivity index (χ1v) is 10.8. The van der Waals surface area contributed by atoms with Crippen LogP contribution in [0.3, 0.4) is 0 Å². The van der Waals surface area contributed by atoms with Crippen LogP contribution in [0, 0.1) is 0 Å². The predicted octanol–water partition coefficient (Wildman–Crippen LogP) is 3.82. The molecule has 25 heavy (non-hydrogen) atoms. The number of sulfonamides is 1. The number of hydrogen-bond donors (Lipinski definition) is 1. The highest BCUT2D eigenvalue weighted by atomic mass is 35.5. The Balaban J connectivity index is 2.27. The van der Waals surface area contributed by atoms with E-state index in [1.807, 2.05) is 6.92 Å². The molecule has 2 rings (SSSR count). The number of carbonyl (C=O) groups is 1. The van der Waals surface area contributed by atoms with Crippen LogP contribution in [0.1, 0.15) is 62.7 Å². The Morgan fingerprint density at radius 1 is 1.24 bits per heavy atom. The summed E-state index contributed by atoms with van der Waals surface area (Å²) in [7, 11) is -3.69. The van der Waals surface area contributed by atoms with Crippen molar-refractivity contribution in [2.24, 2.45) is 0 Å². The molecule has 1 amide bonds. The van der Waals surface area contributed by atoms with Gasteiger partial charge in [0.05, 0.1) is 5.02 Å². The van der Waals surface area contributed by atoms with Gasteiger partial charge in [-0.3, -0.25) is 4.79 Å². The monoisotopic (exact) mass is 386 g/mol. The molecule has 0 aliphatic carbocycles. The van der Waals surface area contributed by atoms with E-state index in [1.54, 1.807) is 6.07 Å². The summed E-state index contributed by atoms with van der Waals surface area (Å²) in [6.45, 7) is 4.99. The van der Waals surface area contributed by atoms with E-state index in [-0.39, 0.29) is 21.9 Å². The molecule has 0 bridgehead atoms. The lowest BCUT2D eigenvalue weighted by Crippen LogP contribution is -2.34. The molecule has 1 N–H and O–H groups in total. The van der Waals surface area contributed by atoms with E-state index < -0.39 is 10.0 Å². The number of hydrogen-bond acceptors (Lipinski definition) is 3. The first kappa shape index (κ1) is 20.2. The van der Waals surface area contributed by atoms with Gasteiger partial charge in [-0.2, -0.15) is 4.31 Å². The molecule has 7 heteroatoms. The Labute approximate surface area is 155 Å². The second-order valence-electron chi connectivity index (χ2n) is 6.63. The average molecular weight is 387 g/mol. The number of rotatable bonds is 6. The number of nitrogens with zero attached hydrogens (tertiary/aromatic N) is 1. The van der Waals surface area contributed by atoms with Crippen molar-refractivity contribution >= 4 is 27.5 Å². The smallest absolute Gasteiger partial charge is 0.251 e. The van der Waals surface area contributed by atoms with Gasteiger partial charge in [0.25, 0.3) is 5.91 Å². The standard InChI is InChI=1S/C18H27ClN2O3S/c1-3-8-14(2)20-18(22)15-9-10-16(19)17(13-15)25(23,24)21-11-6-4-5-7-12-21/h9-10,13-14H,3-8,11-12H2,1-2H3,(H,20,22). The summed E-state index contributed by atoms with van der Waals surface area (Å²) in [5.74, 6) is -0.273. The van der Waals surface area contributed by atoms with Crippen molar-refractivity contribution in [1.29, 1.82) is 0 Å². The highest BCUT2D eigenvalue weighted by Gasteiger charge is 2.28. The molecule has 0 aromatic heterocycles. The zero-order valence-electron chi connectivity index (χ0n) is 14.9. The second-order valence-corrected chi connectivity index (χ2v) is 8.94. The molecule has 1 saturated heterocycles. The van der Waals surface area contributed by atoms with E-state index in [2.05, 4.69) is 12.2 Å². The third-order valence-corrected chi connectivity index (χ3v) is 6.86. The topological polar surface area (TPSA) is 66.5 Å². The van der Waals surface area contributed by atoms with Crippen LogP contribution in [0.15, 0.2) is 23.1 Å². The van der Waals surface area contributed by atoms with E-state index in [4.69, 9.17) is 11.6 Å². The molecule has 1 heterocycles. The molecular formula is C18H27ClN2O3S. The van der Waals surface area contributed by atoms with Gasteiger partial charge in [-0.25, -0.2) is 8.42 Å². The number of benzene rings is 1. The molecule has 1 fully saturated rings.